The highest BCUT2D eigenvalue weighted by atomic mass is 35.5. The van der Waals surface area contributed by atoms with E-state index in [9.17, 15) is 9.59 Å². The Morgan fingerprint density at radius 3 is 2.58 bits per heavy atom. The molecule has 1 N–H and O–H groups in total. The fourth-order valence-corrected chi connectivity index (χ4v) is 5.38. The van der Waals surface area contributed by atoms with Crippen molar-refractivity contribution in [1.82, 2.24) is 14.8 Å². The van der Waals surface area contributed by atoms with Gasteiger partial charge in [0, 0.05) is 22.5 Å². The normalized spacial score (nSPS) is 10.7. The fourth-order valence-electron chi connectivity index (χ4n) is 3.52. The number of methoxy groups -OCH3 is 1. The lowest BCUT2D eigenvalue weighted by Crippen LogP contribution is -2.16. The van der Waals surface area contributed by atoms with Crippen LogP contribution in [-0.4, -0.2) is 39.5 Å². The number of halogens is 1. The molecule has 2 aromatic carbocycles. The van der Waals surface area contributed by atoms with Crippen LogP contribution in [0.5, 0.6) is 5.75 Å². The maximum atomic E-state index is 12.9. The predicted molar refractivity (Wildman–Crippen MR) is 151 cm³/mol. The molecule has 38 heavy (non-hydrogen) atoms. The molecule has 11 heteroatoms. The number of aromatic nitrogens is 3. The molecule has 0 fully saturated rings. The largest absolute Gasteiger partial charge is 0.486 e. The van der Waals surface area contributed by atoms with Gasteiger partial charge in [0.25, 0.3) is 0 Å². The van der Waals surface area contributed by atoms with E-state index in [2.05, 4.69) is 22.1 Å². The lowest BCUT2D eigenvalue weighted by Gasteiger charge is -2.10. The summed E-state index contributed by atoms with van der Waals surface area (Å²) in [5.74, 6) is 0.506. The summed E-state index contributed by atoms with van der Waals surface area (Å²) < 4.78 is 12.6. The molecule has 0 aliphatic rings. The van der Waals surface area contributed by atoms with E-state index in [0.717, 1.165) is 11.1 Å². The zero-order chi connectivity index (χ0) is 27.1. The Kier molecular flexibility index (Phi) is 9.22. The van der Waals surface area contributed by atoms with Crippen molar-refractivity contribution in [2.75, 3.05) is 18.2 Å². The van der Waals surface area contributed by atoms with E-state index < -0.39 is 5.97 Å². The van der Waals surface area contributed by atoms with Gasteiger partial charge in [-0.2, -0.15) is 0 Å². The molecule has 0 atom stereocenters. The Morgan fingerprint density at radius 1 is 1.16 bits per heavy atom. The highest BCUT2D eigenvalue weighted by Gasteiger charge is 2.23. The Bertz CT molecular complexity index is 1430. The second-order valence-electron chi connectivity index (χ2n) is 8.09. The first kappa shape index (κ1) is 27.4. The maximum Gasteiger partial charge on any atom is 0.341 e. The first-order valence-electron chi connectivity index (χ1n) is 11.5. The lowest BCUT2D eigenvalue weighted by molar-refractivity contribution is -0.113. The minimum absolute atomic E-state index is 0.0612. The van der Waals surface area contributed by atoms with Crippen molar-refractivity contribution < 1.29 is 19.1 Å². The molecular weight excluding hydrogens is 544 g/mol. The minimum Gasteiger partial charge on any atom is -0.486 e. The van der Waals surface area contributed by atoms with Crippen LogP contribution in [0.2, 0.25) is 5.02 Å². The van der Waals surface area contributed by atoms with Gasteiger partial charge < -0.3 is 14.8 Å². The molecule has 4 rings (SSSR count). The van der Waals surface area contributed by atoms with Crippen LogP contribution < -0.4 is 10.1 Å². The summed E-state index contributed by atoms with van der Waals surface area (Å²) in [5, 5.41) is 14.7. The van der Waals surface area contributed by atoms with Crippen molar-refractivity contribution in [3.63, 3.8) is 0 Å². The summed E-state index contributed by atoms with van der Waals surface area (Å²) >= 11 is 8.43. The summed E-state index contributed by atoms with van der Waals surface area (Å²) in [4.78, 5) is 25.5. The molecule has 0 bridgehead atoms. The topological polar surface area (TPSA) is 95.3 Å². The molecule has 0 saturated carbocycles. The summed E-state index contributed by atoms with van der Waals surface area (Å²) in [6.45, 7) is 6.43. The first-order chi connectivity index (χ1) is 18.4. The molecular formula is C27H25ClN4O4S2. The molecule has 2 aromatic heterocycles. The quantitative estimate of drug-likeness (QED) is 0.130. The molecule has 4 aromatic rings. The molecule has 8 nitrogen and oxygen atoms in total. The monoisotopic (exact) mass is 568 g/mol. The average molecular weight is 569 g/mol. The summed E-state index contributed by atoms with van der Waals surface area (Å²) in [6, 6.07) is 14.8. The van der Waals surface area contributed by atoms with Gasteiger partial charge in [-0.1, -0.05) is 59.3 Å². The number of carbonyl (C=O) groups excluding carboxylic acids is 2. The van der Waals surface area contributed by atoms with Crippen molar-refractivity contribution in [3.8, 4) is 16.9 Å². The number of rotatable bonds is 11. The number of thioether (sulfide) groups is 1. The highest BCUT2D eigenvalue weighted by molar-refractivity contribution is 7.99. The van der Waals surface area contributed by atoms with Crippen LogP contribution in [-0.2, 0) is 22.7 Å². The Morgan fingerprint density at radius 2 is 1.89 bits per heavy atom. The number of aryl methyl sites for hydroxylation is 1. The number of nitrogens with zero attached hydrogens (tertiary/aromatic N) is 3. The number of ether oxygens (including phenoxy) is 2. The number of benzene rings is 2. The van der Waals surface area contributed by atoms with Gasteiger partial charge in [0.2, 0.25) is 5.91 Å². The molecule has 0 aliphatic heterocycles. The second-order valence-corrected chi connectivity index (χ2v) is 10.3. The lowest BCUT2D eigenvalue weighted by atomic mass is 10.0. The third-order valence-electron chi connectivity index (χ3n) is 5.42. The van der Waals surface area contributed by atoms with Gasteiger partial charge in [0.15, 0.2) is 11.0 Å². The second kappa shape index (κ2) is 12.8. The van der Waals surface area contributed by atoms with Crippen LogP contribution in [0.25, 0.3) is 11.1 Å². The van der Waals surface area contributed by atoms with Gasteiger partial charge in [-0.05, 0) is 36.8 Å². The number of amides is 1. The highest BCUT2D eigenvalue weighted by Crippen LogP contribution is 2.36. The van der Waals surface area contributed by atoms with Crippen LogP contribution in [0, 0.1) is 6.92 Å². The molecule has 2 heterocycles. The molecule has 0 unspecified atom stereocenters. The number of thiophene rings is 1. The van der Waals surface area contributed by atoms with Gasteiger partial charge in [0.05, 0.1) is 12.9 Å². The number of carbonyl (C=O) groups is 2. The summed E-state index contributed by atoms with van der Waals surface area (Å²) in [6.07, 6.45) is 1.72. The van der Waals surface area contributed by atoms with E-state index in [-0.39, 0.29) is 18.3 Å². The van der Waals surface area contributed by atoms with Crippen molar-refractivity contribution >= 4 is 51.6 Å². The smallest absolute Gasteiger partial charge is 0.341 e. The molecule has 0 saturated heterocycles. The number of hydrogen-bond acceptors (Lipinski definition) is 8. The summed E-state index contributed by atoms with van der Waals surface area (Å²) in [5.41, 5.74) is 3.02. The van der Waals surface area contributed by atoms with Crippen molar-refractivity contribution in [3.05, 3.63) is 88.5 Å². The van der Waals surface area contributed by atoms with Crippen LogP contribution in [0.3, 0.4) is 0 Å². The van der Waals surface area contributed by atoms with E-state index in [1.54, 1.807) is 30.3 Å². The van der Waals surface area contributed by atoms with Crippen LogP contribution in [0.15, 0.2) is 71.7 Å². The number of allylic oxidation sites excluding steroid dienone is 1. The van der Waals surface area contributed by atoms with E-state index in [1.807, 2.05) is 41.1 Å². The number of nitrogens with one attached hydrogen (secondary N) is 1. The van der Waals surface area contributed by atoms with E-state index in [0.29, 0.717) is 44.4 Å². The minimum atomic E-state index is -0.513. The van der Waals surface area contributed by atoms with E-state index in [4.69, 9.17) is 21.1 Å². The zero-order valence-electron chi connectivity index (χ0n) is 20.8. The molecule has 1 amide bonds. The van der Waals surface area contributed by atoms with E-state index in [1.165, 1.54) is 30.2 Å². The zero-order valence-corrected chi connectivity index (χ0v) is 23.2. The molecule has 196 valence electrons. The van der Waals surface area contributed by atoms with Crippen molar-refractivity contribution in [2.24, 2.45) is 0 Å². The van der Waals surface area contributed by atoms with E-state index >= 15 is 0 Å². The Labute approximate surface area is 233 Å². The fraction of sp³-hybridized carbons (Fsp3) is 0.185. The van der Waals surface area contributed by atoms with Crippen LogP contribution in [0.4, 0.5) is 5.00 Å². The van der Waals surface area contributed by atoms with Crippen LogP contribution in [0.1, 0.15) is 21.7 Å². The number of anilines is 1. The predicted octanol–water partition coefficient (Wildman–Crippen LogP) is 6.25. The third kappa shape index (κ3) is 6.63. The van der Waals surface area contributed by atoms with Crippen molar-refractivity contribution in [2.45, 2.75) is 25.2 Å². The number of hydrogen-bond donors (Lipinski definition) is 1. The molecule has 0 radical (unpaired) electrons. The van der Waals surface area contributed by atoms with Gasteiger partial charge in [0.1, 0.15) is 22.9 Å². The van der Waals surface area contributed by atoms with Gasteiger partial charge in [-0.25, -0.2) is 4.79 Å². The van der Waals surface area contributed by atoms with Crippen molar-refractivity contribution in [1.29, 1.82) is 0 Å². The van der Waals surface area contributed by atoms with Gasteiger partial charge in [-0.15, -0.1) is 28.1 Å². The summed E-state index contributed by atoms with van der Waals surface area (Å²) in [7, 11) is 1.32. The Hall–Kier alpha value is -3.60. The maximum absolute atomic E-state index is 12.9. The molecule has 0 aliphatic carbocycles. The molecule has 0 spiro atoms. The van der Waals surface area contributed by atoms with Gasteiger partial charge >= 0.3 is 5.97 Å². The Balaban J connectivity index is 1.44. The SMILES string of the molecule is C=CCn1c(COc2ccc(Cl)cc2)nnc1SCC(=O)Nc1scc(-c2ccc(C)cc2)c1C(=O)OC. The average Bonchev–Trinajstić information content (AvgIpc) is 3.51. The number of esters is 1. The first-order valence-corrected chi connectivity index (χ1v) is 13.7. The third-order valence-corrected chi connectivity index (χ3v) is 7.53. The standard InChI is InChI=1S/C27H25ClN4O4S2/c1-4-13-32-22(14-36-20-11-9-19(28)10-12-20)30-31-27(32)38-16-23(33)29-25-24(26(34)35-3)21(15-37-25)18-7-5-17(2)6-8-18/h4-12,15H,1,13-14,16H2,2-3H3,(H,29,33). The van der Waals surface area contributed by atoms with Gasteiger partial charge in [-0.3, -0.25) is 9.36 Å². The van der Waals surface area contributed by atoms with Crippen LogP contribution >= 0.6 is 34.7 Å².